The van der Waals surface area contributed by atoms with Crippen molar-refractivity contribution >= 4 is 27.7 Å². The van der Waals surface area contributed by atoms with E-state index in [1.807, 2.05) is 6.92 Å². The van der Waals surface area contributed by atoms with Crippen molar-refractivity contribution in [1.82, 2.24) is 10.2 Å². The normalized spacial score (nSPS) is 10.0. The SMILES string of the molecule is CCCNC(=O)CN(C)C(=O)c1ccc(Br)cc1OC. The maximum Gasteiger partial charge on any atom is 0.257 e. The quantitative estimate of drug-likeness (QED) is 0.860. The molecule has 0 aromatic heterocycles. The number of nitrogens with one attached hydrogen (secondary N) is 1. The molecule has 0 saturated heterocycles. The molecule has 0 atom stereocenters. The van der Waals surface area contributed by atoms with Gasteiger partial charge in [-0.1, -0.05) is 22.9 Å². The smallest absolute Gasteiger partial charge is 0.257 e. The monoisotopic (exact) mass is 342 g/mol. The number of benzene rings is 1. The second kappa shape index (κ2) is 7.89. The average molecular weight is 343 g/mol. The van der Waals surface area contributed by atoms with Gasteiger partial charge in [0.05, 0.1) is 19.2 Å². The van der Waals surface area contributed by atoms with Crippen molar-refractivity contribution in [3.8, 4) is 5.75 Å². The van der Waals surface area contributed by atoms with Gasteiger partial charge in [-0.3, -0.25) is 9.59 Å². The van der Waals surface area contributed by atoms with Crippen LogP contribution in [0, 0.1) is 0 Å². The van der Waals surface area contributed by atoms with Crippen molar-refractivity contribution in [1.29, 1.82) is 0 Å². The third-order valence-electron chi connectivity index (χ3n) is 2.69. The van der Waals surface area contributed by atoms with E-state index >= 15 is 0 Å². The van der Waals surface area contributed by atoms with Gasteiger partial charge >= 0.3 is 0 Å². The Hall–Kier alpha value is -1.56. The molecule has 0 unspecified atom stereocenters. The summed E-state index contributed by atoms with van der Waals surface area (Å²) >= 11 is 3.32. The van der Waals surface area contributed by atoms with Crippen LogP contribution in [-0.2, 0) is 4.79 Å². The summed E-state index contributed by atoms with van der Waals surface area (Å²) in [6, 6.07) is 5.16. The molecule has 2 amide bonds. The zero-order valence-corrected chi connectivity index (χ0v) is 13.5. The van der Waals surface area contributed by atoms with Gasteiger partial charge in [0.15, 0.2) is 0 Å². The summed E-state index contributed by atoms with van der Waals surface area (Å²) in [5, 5.41) is 2.74. The van der Waals surface area contributed by atoms with Gasteiger partial charge in [-0.2, -0.15) is 0 Å². The fourth-order valence-electron chi connectivity index (χ4n) is 1.65. The van der Waals surface area contributed by atoms with Crippen molar-refractivity contribution in [2.24, 2.45) is 0 Å². The maximum absolute atomic E-state index is 12.3. The summed E-state index contributed by atoms with van der Waals surface area (Å²) in [7, 11) is 3.10. The topological polar surface area (TPSA) is 58.6 Å². The molecule has 0 radical (unpaired) electrons. The lowest BCUT2D eigenvalue weighted by Gasteiger charge is -2.18. The number of carbonyl (C=O) groups excluding carboxylic acids is 2. The maximum atomic E-state index is 12.3. The van der Waals surface area contributed by atoms with Crippen molar-refractivity contribution in [2.45, 2.75) is 13.3 Å². The Morgan fingerprint density at radius 3 is 2.70 bits per heavy atom. The number of hydrogen-bond donors (Lipinski definition) is 1. The highest BCUT2D eigenvalue weighted by atomic mass is 79.9. The van der Waals surface area contributed by atoms with E-state index in [1.54, 1.807) is 25.2 Å². The molecule has 110 valence electrons. The van der Waals surface area contributed by atoms with Crippen LogP contribution < -0.4 is 10.1 Å². The second-order valence-electron chi connectivity index (χ2n) is 4.36. The molecule has 1 aromatic carbocycles. The molecular weight excluding hydrogens is 324 g/mol. The lowest BCUT2D eigenvalue weighted by atomic mass is 10.2. The van der Waals surface area contributed by atoms with Crippen LogP contribution >= 0.6 is 15.9 Å². The minimum atomic E-state index is -0.249. The molecule has 1 N–H and O–H groups in total. The Balaban J connectivity index is 2.76. The van der Waals surface area contributed by atoms with Gasteiger partial charge in [0.2, 0.25) is 5.91 Å². The lowest BCUT2D eigenvalue weighted by Crippen LogP contribution is -2.38. The number of ether oxygens (including phenoxy) is 1. The predicted molar refractivity (Wildman–Crippen MR) is 81.0 cm³/mol. The van der Waals surface area contributed by atoms with Crippen molar-refractivity contribution in [3.05, 3.63) is 28.2 Å². The Morgan fingerprint density at radius 2 is 2.10 bits per heavy atom. The van der Waals surface area contributed by atoms with Crippen LogP contribution in [-0.4, -0.2) is 44.0 Å². The predicted octanol–water partition coefficient (Wildman–Crippen LogP) is 2.06. The van der Waals surface area contributed by atoms with Gasteiger partial charge in [-0.05, 0) is 24.6 Å². The van der Waals surface area contributed by atoms with E-state index in [0.717, 1.165) is 10.9 Å². The summed E-state index contributed by atoms with van der Waals surface area (Å²) < 4.78 is 6.02. The highest BCUT2D eigenvalue weighted by molar-refractivity contribution is 9.10. The zero-order valence-electron chi connectivity index (χ0n) is 11.9. The van der Waals surface area contributed by atoms with E-state index in [4.69, 9.17) is 4.74 Å². The fourth-order valence-corrected chi connectivity index (χ4v) is 1.99. The molecule has 0 aliphatic carbocycles. The Bertz CT molecular complexity index is 491. The van der Waals surface area contributed by atoms with Crippen LogP contribution in [0.15, 0.2) is 22.7 Å². The molecule has 1 rings (SSSR count). The molecule has 6 heteroatoms. The van der Waals surface area contributed by atoms with Crippen LogP contribution in [0.1, 0.15) is 23.7 Å². The summed E-state index contributed by atoms with van der Waals surface area (Å²) in [4.78, 5) is 25.3. The first kappa shape index (κ1) is 16.5. The molecule has 0 spiro atoms. The van der Waals surface area contributed by atoms with Gasteiger partial charge in [0.1, 0.15) is 5.75 Å². The summed E-state index contributed by atoms with van der Waals surface area (Å²) in [6.45, 7) is 2.61. The van der Waals surface area contributed by atoms with E-state index in [-0.39, 0.29) is 18.4 Å². The van der Waals surface area contributed by atoms with Gasteiger partial charge < -0.3 is 15.0 Å². The number of rotatable bonds is 6. The number of amides is 2. The van der Waals surface area contributed by atoms with E-state index in [0.29, 0.717) is 17.9 Å². The first-order valence-corrected chi connectivity index (χ1v) is 7.14. The number of nitrogens with zero attached hydrogens (tertiary/aromatic N) is 1. The van der Waals surface area contributed by atoms with Crippen LogP contribution in [0.2, 0.25) is 0 Å². The Labute approximate surface area is 127 Å². The summed E-state index contributed by atoms with van der Waals surface area (Å²) in [6.07, 6.45) is 0.865. The molecule has 5 nitrogen and oxygen atoms in total. The number of carbonyl (C=O) groups is 2. The van der Waals surface area contributed by atoms with Crippen LogP contribution in [0.25, 0.3) is 0 Å². The molecule has 0 aliphatic heterocycles. The van der Waals surface area contributed by atoms with Gasteiger partial charge in [-0.25, -0.2) is 0 Å². The van der Waals surface area contributed by atoms with Crippen molar-refractivity contribution in [3.63, 3.8) is 0 Å². The van der Waals surface area contributed by atoms with E-state index in [1.165, 1.54) is 12.0 Å². The Kier molecular flexibility index (Phi) is 6.51. The third-order valence-corrected chi connectivity index (χ3v) is 3.19. The number of likely N-dealkylation sites (N-methyl/N-ethyl adjacent to an activating group) is 1. The first-order valence-electron chi connectivity index (χ1n) is 6.35. The number of halogens is 1. The molecule has 0 fully saturated rings. The van der Waals surface area contributed by atoms with E-state index < -0.39 is 0 Å². The lowest BCUT2D eigenvalue weighted by molar-refractivity contribution is -0.121. The first-order chi connectivity index (χ1) is 9.49. The average Bonchev–Trinajstić information content (AvgIpc) is 2.44. The molecule has 0 aliphatic rings. The minimum Gasteiger partial charge on any atom is -0.496 e. The number of hydrogen-bond acceptors (Lipinski definition) is 3. The van der Waals surface area contributed by atoms with Gasteiger partial charge in [0.25, 0.3) is 5.91 Å². The molecule has 0 bridgehead atoms. The molecule has 20 heavy (non-hydrogen) atoms. The largest absolute Gasteiger partial charge is 0.496 e. The van der Waals surface area contributed by atoms with Crippen LogP contribution in [0.4, 0.5) is 0 Å². The van der Waals surface area contributed by atoms with Crippen molar-refractivity contribution < 1.29 is 14.3 Å². The van der Waals surface area contributed by atoms with Crippen LogP contribution in [0.3, 0.4) is 0 Å². The Morgan fingerprint density at radius 1 is 1.40 bits per heavy atom. The highest BCUT2D eigenvalue weighted by Gasteiger charge is 2.18. The molecule has 0 saturated carbocycles. The number of methoxy groups -OCH3 is 1. The third kappa shape index (κ3) is 4.52. The van der Waals surface area contributed by atoms with Gasteiger partial charge in [-0.15, -0.1) is 0 Å². The summed E-state index contributed by atoms with van der Waals surface area (Å²) in [5.74, 6) is 0.0602. The fraction of sp³-hybridized carbons (Fsp3) is 0.429. The summed E-state index contributed by atoms with van der Waals surface area (Å²) in [5.41, 5.74) is 0.432. The van der Waals surface area contributed by atoms with Crippen LogP contribution in [0.5, 0.6) is 5.75 Å². The van der Waals surface area contributed by atoms with E-state index in [2.05, 4.69) is 21.2 Å². The van der Waals surface area contributed by atoms with E-state index in [9.17, 15) is 9.59 Å². The van der Waals surface area contributed by atoms with Gasteiger partial charge in [0, 0.05) is 18.1 Å². The molecular formula is C14H19BrN2O3. The molecule has 1 aromatic rings. The highest BCUT2D eigenvalue weighted by Crippen LogP contribution is 2.24. The van der Waals surface area contributed by atoms with Crippen molar-refractivity contribution in [2.75, 3.05) is 27.2 Å². The second-order valence-corrected chi connectivity index (χ2v) is 5.27. The molecule has 0 heterocycles. The zero-order chi connectivity index (χ0) is 15.1. The minimum absolute atomic E-state index is 0.0258. The standard InChI is InChI=1S/C14H19BrN2O3/c1-4-7-16-13(18)9-17(2)14(19)11-6-5-10(15)8-12(11)20-3/h5-6,8H,4,7,9H2,1-3H3,(H,16,18).